The van der Waals surface area contributed by atoms with Crippen LogP contribution in [0.2, 0.25) is 0 Å². The summed E-state index contributed by atoms with van der Waals surface area (Å²) in [6, 6.07) is 0.0988. The number of amides is 1. The van der Waals surface area contributed by atoms with Crippen LogP contribution in [0.4, 0.5) is 0 Å². The molecule has 0 aliphatic carbocycles. The largest absolute Gasteiger partial charge is 0.381 e. The second-order valence-corrected chi connectivity index (χ2v) is 10.3. The lowest BCUT2D eigenvalue weighted by Gasteiger charge is -2.45. The van der Waals surface area contributed by atoms with Crippen LogP contribution in [0.1, 0.15) is 61.3 Å². The zero-order valence-corrected chi connectivity index (χ0v) is 19.9. The lowest BCUT2D eigenvalue weighted by atomic mass is 9.62. The van der Waals surface area contributed by atoms with Gasteiger partial charge < -0.3 is 20.5 Å². The van der Waals surface area contributed by atoms with Crippen molar-refractivity contribution in [2.45, 2.75) is 84.3 Å². The normalized spacial score (nSPS) is 20.0. The number of carbonyl (C=O) groups is 1. The molecule has 0 aromatic carbocycles. The Hall–Kier alpha value is -0.415. The minimum Gasteiger partial charge on any atom is -0.381 e. The Kier molecular flexibility index (Phi) is 10.8. The molecule has 0 spiro atoms. The van der Waals surface area contributed by atoms with Gasteiger partial charge in [0.05, 0.1) is 11.4 Å². The Morgan fingerprint density at radius 3 is 2.30 bits per heavy atom. The van der Waals surface area contributed by atoms with E-state index in [-0.39, 0.29) is 40.2 Å². The smallest absolute Gasteiger partial charge is 0.243 e. The molecule has 0 bridgehead atoms. The van der Waals surface area contributed by atoms with Crippen LogP contribution >= 0.6 is 9.24 Å². The molecule has 6 atom stereocenters. The Labute approximate surface area is 170 Å². The van der Waals surface area contributed by atoms with Crippen molar-refractivity contribution in [1.29, 1.82) is 0 Å². The molecule has 27 heavy (non-hydrogen) atoms. The zero-order valence-electron chi connectivity index (χ0n) is 18.7. The summed E-state index contributed by atoms with van der Waals surface area (Å²) in [4.78, 5) is 11.2. The maximum absolute atomic E-state index is 11.2. The molecule has 7 heteroatoms. The van der Waals surface area contributed by atoms with Gasteiger partial charge in [0.15, 0.2) is 0 Å². The number of carbonyl (C=O) groups excluding carboxylic acids is 1. The monoisotopic (exact) mass is 400 g/mol. The van der Waals surface area contributed by atoms with Crippen molar-refractivity contribution in [3.63, 3.8) is 0 Å². The van der Waals surface area contributed by atoms with Gasteiger partial charge in [-0.25, -0.2) is 0 Å². The Balaban J connectivity index is 4.59. The van der Waals surface area contributed by atoms with Crippen molar-refractivity contribution in [3.05, 3.63) is 12.7 Å². The third-order valence-electron chi connectivity index (χ3n) is 5.95. The first kappa shape index (κ1) is 26.6. The number of rotatable bonds is 13. The number of hydrogen-bond donors (Lipinski definition) is 2. The summed E-state index contributed by atoms with van der Waals surface area (Å²) in [6.45, 7) is 19.4. The van der Waals surface area contributed by atoms with Crippen LogP contribution in [-0.2, 0) is 14.3 Å². The molecular formula is C20H42BN2O3P. The molecule has 0 aromatic heterocycles. The average molecular weight is 400 g/mol. The molecule has 0 rings (SSSR count). The molecular weight excluding hydrogens is 358 g/mol. The summed E-state index contributed by atoms with van der Waals surface area (Å²) < 4.78 is 12.5. The van der Waals surface area contributed by atoms with Gasteiger partial charge in [-0.3, -0.25) is 4.79 Å². The van der Waals surface area contributed by atoms with Gasteiger partial charge in [0.25, 0.3) is 0 Å². The minimum atomic E-state index is -0.383. The second-order valence-electron chi connectivity index (χ2n) is 9.09. The van der Waals surface area contributed by atoms with E-state index in [1.807, 2.05) is 13.8 Å². The van der Waals surface area contributed by atoms with Crippen LogP contribution in [-0.4, -0.2) is 49.9 Å². The van der Waals surface area contributed by atoms with Crippen LogP contribution in [0, 0.1) is 11.3 Å². The average Bonchev–Trinajstić information content (AvgIpc) is 2.52. The molecule has 0 fully saturated rings. The SMILES string of the molecule is BC(C)(OC(C)C(C)C(C)N)C(C)(C)CCOC(C)(P)CCNC(=O)C=C. The van der Waals surface area contributed by atoms with Crippen molar-refractivity contribution in [2.75, 3.05) is 13.2 Å². The molecule has 1 amide bonds. The molecule has 0 aromatic rings. The molecule has 0 saturated heterocycles. The summed E-state index contributed by atoms with van der Waals surface area (Å²) in [6.07, 6.45) is 2.93. The van der Waals surface area contributed by atoms with Crippen molar-refractivity contribution in [1.82, 2.24) is 5.32 Å². The van der Waals surface area contributed by atoms with Gasteiger partial charge in [-0.05, 0) is 57.9 Å². The molecule has 5 nitrogen and oxygen atoms in total. The molecule has 6 unspecified atom stereocenters. The number of nitrogens with two attached hydrogens (primary N) is 1. The van der Waals surface area contributed by atoms with Crippen LogP contribution in [0.25, 0.3) is 0 Å². The highest BCUT2D eigenvalue weighted by Crippen LogP contribution is 2.37. The Bertz CT molecular complexity index is 482. The standard InChI is InChI=1S/C20H42BN2O3P/c1-9-17(24)23-12-10-19(7,27)25-13-11-18(5,6)20(8,21)26-16(4)14(2)15(3)22/h9,14-16H,1,10-13,21-22,27H2,2-8H3,(H,23,24). The van der Waals surface area contributed by atoms with E-state index in [2.05, 4.69) is 63.6 Å². The van der Waals surface area contributed by atoms with Crippen LogP contribution in [0.15, 0.2) is 12.7 Å². The van der Waals surface area contributed by atoms with E-state index >= 15 is 0 Å². The Morgan fingerprint density at radius 1 is 1.26 bits per heavy atom. The minimum absolute atomic E-state index is 0.0728. The van der Waals surface area contributed by atoms with Gasteiger partial charge in [0.1, 0.15) is 7.85 Å². The molecule has 0 radical (unpaired) electrons. The van der Waals surface area contributed by atoms with E-state index in [0.29, 0.717) is 19.6 Å². The molecule has 0 heterocycles. The summed E-state index contributed by atoms with van der Waals surface area (Å²) >= 11 is 0. The van der Waals surface area contributed by atoms with Gasteiger partial charge in [0, 0.05) is 24.7 Å². The fraction of sp³-hybridized carbons (Fsp3) is 0.850. The van der Waals surface area contributed by atoms with E-state index < -0.39 is 0 Å². The summed E-state index contributed by atoms with van der Waals surface area (Å²) in [5.41, 5.74) is 5.64. The highest BCUT2D eigenvalue weighted by atomic mass is 31.0. The first-order chi connectivity index (χ1) is 12.1. The van der Waals surface area contributed by atoms with E-state index in [1.165, 1.54) is 6.08 Å². The van der Waals surface area contributed by atoms with Gasteiger partial charge in [-0.1, -0.05) is 27.4 Å². The van der Waals surface area contributed by atoms with Gasteiger partial charge in [0.2, 0.25) is 5.91 Å². The van der Waals surface area contributed by atoms with E-state index in [0.717, 1.165) is 6.42 Å². The second kappa shape index (κ2) is 10.9. The molecule has 0 aliphatic heterocycles. The first-order valence-corrected chi connectivity index (χ1v) is 10.5. The van der Waals surface area contributed by atoms with Crippen LogP contribution < -0.4 is 11.1 Å². The summed E-state index contributed by atoms with van der Waals surface area (Å²) in [5, 5.41) is 2.40. The van der Waals surface area contributed by atoms with E-state index in [9.17, 15) is 4.79 Å². The van der Waals surface area contributed by atoms with E-state index in [1.54, 1.807) is 0 Å². The van der Waals surface area contributed by atoms with Gasteiger partial charge >= 0.3 is 0 Å². The van der Waals surface area contributed by atoms with E-state index in [4.69, 9.17) is 15.2 Å². The predicted molar refractivity (Wildman–Crippen MR) is 121 cm³/mol. The van der Waals surface area contributed by atoms with Crippen molar-refractivity contribution in [2.24, 2.45) is 17.1 Å². The van der Waals surface area contributed by atoms with Crippen molar-refractivity contribution >= 4 is 23.0 Å². The van der Waals surface area contributed by atoms with Gasteiger partial charge in [-0.15, -0.1) is 9.24 Å². The summed E-state index contributed by atoms with van der Waals surface area (Å²) in [5.74, 6) is 0.128. The molecule has 0 saturated carbocycles. The topological polar surface area (TPSA) is 73.6 Å². The highest BCUT2D eigenvalue weighted by Gasteiger charge is 2.40. The molecule has 0 aliphatic rings. The fourth-order valence-electron chi connectivity index (χ4n) is 2.58. The van der Waals surface area contributed by atoms with Crippen LogP contribution in [0.5, 0.6) is 0 Å². The predicted octanol–water partition coefficient (Wildman–Crippen LogP) is 2.44. The highest BCUT2D eigenvalue weighted by molar-refractivity contribution is 7.18. The molecule has 158 valence electrons. The maximum atomic E-state index is 11.2. The zero-order chi connectivity index (χ0) is 21.5. The van der Waals surface area contributed by atoms with Gasteiger partial charge in [-0.2, -0.15) is 0 Å². The fourth-order valence-corrected chi connectivity index (χ4v) is 2.84. The number of ether oxygens (including phenoxy) is 2. The maximum Gasteiger partial charge on any atom is 0.243 e. The quantitative estimate of drug-likeness (QED) is 0.283. The number of nitrogens with one attached hydrogen (secondary N) is 1. The third-order valence-corrected chi connectivity index (χ3v) is 6.40. The number of hydrogen-bond acceptors (Lipinski definition) is 4. The van der Waals surface area contributed by atoms with Crippen molar-refractivity contribution in [3.8, 4) is 0 Å². The Morgan fingerprint density at radius 2 is 1.81 bits per heavy atom. The summed E-state index contributed by atoms with van der Waals surface area (Å²) in [7, 11) is 4.88. The lowest BCUT2D eigenvalue weighted by molar-refractivity contribution is -0.117. The molecule has 3 N–H and O–H groups in total. The first-order valence-electron chi connectivity index (χ1n) is 9.92. The van der Waals surface area contributed by atoms with Crippen LogP contribution in [0.3, 0.4) is 0 Å². The third kappa shape index (κ3) is 9.56. The van der Waals surface area contributed by atoms with Crippen molar-refractivity contribution < 1.29 is 14.3 Å². The lowest BCUT2D eigenvalue weighted by Crippen LogP contribution is -2.50.